The molecule has 2 aliphatic rings. The van der Waals surface area contributed by atoms with Gasteiger partial charge in [0.15, 0.2) is 5.96 Å². The molecule has 0 amide bonds. The molecule has 27 heavy (non-hydrogen) atoms. The summed E-state index contributed by atoms with van der Waals surface area (Å²) in [5.74, 6) is 1.06. The van der Waals surface area contributed by atoms with E-state index in [1.165, 1.54) is 17.7 Å². The maximum atomic E-state index is 5.49. The first-order valence-corrected chi connectivity index (χ1v) is 9.94. The van der Waals surface area contributed by atoms with Crippen LogP contribution in [0, 0.1) is 13.8 Å². The van der Waals surface area contributed by atoms with Crippen molar-refractivity contribution in [2.45, 2.75) is 39.7 Å². The van der Waals surface area contributed by atoms with Gasteiger partial charge in [-0.15, -0.1) is 24.0 Å². The molecule has 2 aliphatic heterocycles. The van der Waals surface area contributed by atoms with Gasteiger partial charge in [0.2, 0.25) is 0 Å². The average Bonchev–Trinajstić information content (AvgIpc) is 3.22. The number of rotatable bonds is 5. The van der Waals surface area contributed by atoms with Crippen molar-refractivity contribution in [1.82, 2.24) is 24.9 Å². The van der Waals surface area contributed by atoms with Crippen LogP contribution in [0.3, 0.4) is 0 Å². The molecule has 0 radical (unpaired) electrons. The molecule has 1 aromatic heterocycles. The summed E-state index contributed by atoms with van der Waals surface area (Å²) in [6.45, 7) is 14.1. The number of ether oxygens (including phenoxy) is 1. The maximum Gasteiger partial charge on any atom is 0.193 e. The predicted molar refractivity (Wildman–Crippen MR) is 120 cm³/mol. The number of guanidine groups is 1. The molecule has 2 fully saturated rings. The van der Waals surface area contributed by atoms with Gasteiger partial charge in [-0.2, -0.15) is 5.10 Å². The monoisotopic (exact) mass is 490 g/mol. The quantitative estimate of drug-likeness (QED) is 0.386. The summed E-state index contributed by atoms with van der Waals surface area (Å²) in [5, 5.41) is 7.99. The van der Waals surface area contributed by atoms with Crippen LogP contribution >= 0.6 is 24.0 Å². The molecule has 1 atom stereocenters. The zero-order chi connectivity index (χ0) is 18.5. The Morgan fingerprint density at radius 3 is 2.63 bits per heavy atom. The van der Waals surface area contributed by atoms with Crippen LogP contribution in [0.4, 0.5) is 0 Å². The van der Waals surface area contributed by atoms with Gasteiger partial charge >= 0.3 is 0 Å². The Morgan fingerprint density at radius 2 is 2.00 bits per heavy atom. The highest BCUT2D eigenvalue weighted by Crippen LogP contribution is 2.17. The smallest absolute Gasteiger partial charge is 0.193 e. The van der Waals surface area contributed by atoms with Crippen LogP contribution in [0.25, 0.3) is 0 Å². The van der Waals surface area contributed by atoms with Gasteiger partial charge < -0.3 is 15.0 Å². The second-order valence-electron chi connectivity index (χ2n) is 7.30. The standard InChI is InChI=1S/C19H34N6O.HI/c1-5-20-19(21-8-6-18-15(2)22-23(4)16(18)3)25-9-7-17(14-25)24-10-12-26-13-11-24;/h17H,5-14H2,1-4H3,(H,20,21);1H. The first-order valence-electron chi connectivity index (χ1n) is 9.94. The van der Waals surface area contributed by atoms with Gasteiger partial charge in [-0.1, -0.05) is 0 Å². The number of hydrogen-bond donors (Lipinski definition) is 1. The fourth-order valence-corrected chi connectivity index (χ4v) is 4.05. The van der Waals surface area contributed by atoms with E-state index in [4.69, 9.17) is 9.73 Å². The van der Waals surface area contributed by atoms with Crippen LogP contribution in [-0.2, 0) is 18.2 Å². The Morgan fingerprint density at radius 1 is 1.26 bits per heavy atom. The lowest BCUT2D eigenvalue weighted by atomic mass is 10.1. The summed E-state index contributed by atoms with van der Waals surface area (Å²) >= 11 is 0. The average molecular weight is 490 g/mol. The number of halogens is 1. The topological polar surface area (TPSA) is 57.9 Å². The van der Waals surface area contributed by atoms with Crippen molar-refractivity contribution in [2.75, 3.05) is 52.5 Å². The SMILES string of the molecule is CCNC(=NCCc1c(C)nn(C)c1C)N1CCC(N2CCOCC2)C1.I. The van der Waals surface area contributed by atoms with Gasteiger partial charge in [0.25, 0.3) is 0 Å². The third-order valence-corrected chi connectivity index (χ3v) is 5.64. The second kappa shape index (κ2) is 10.6. The van der Waals surface area contributed by atoms with Gasteiger partial charge in [-0.25, -0.2) is 0 Å². The number of likely N-dealkylation sites (tertiary alicyclic amines) is 1. The normalized spacial score (nSPS) is 21.4. The molecule has 3 heterocycles. The van der Waals surface area contributed by atoms with Gasteiger partial charge in [0.05, 0.1) is 18.9 Å². The highest BCUT2D eigenvalue weighted by atomic mass is 127. The summed E-state index contributed by atoms with van der Waals surface area (Å²) in [6.07, 6.45) is 2.16. The lowest BCUT2D eigenvalue weighted by Crippen LogP contribution is -2.46. The van der Waals surface area contributed by atoms with E-state index in [1.807, 2.05) is 11.7 Å². The minimum Gasteiger partial charge on any atom is -0.379 e. The van der Waals surface area contributed by atoms with Crippen molar-refractivity contribution >= 4 is 29.9 Å². The van der Waals surface area contributed by atoms with Crippen LogP contribution in [0.15, 0.2) is 4.99 Å². The Balaban J connectivity index is 0.00000261. The molecule has 0 aromatic carbocycles. The number of nitrogens with one attached hydrogen (secondary N) is 1. The summed E-state index contributed by atoms with van der Waals surface area (Å²) in [5.41, 5.74) is 3.70. The third-order valence-electron chi connectivity index (χ3n) is 5.64. The fourth-order valence-electron chi connectivity index (χ4n) is 4.05. The zero-order valence-corrected chi connectivity index (χ0v) is 19.5. The van der Waals surface area contributed by atoms with Gasteiger partial charge in [0.1, 0.15) is 0 Å². The van der Waals surface area contributed by atoms with E-state index >= 15 is 0 Å². The van der Waals surface area contributed by atoms with Crippen LogP contribution < -0.4 is 5.32 Å². The molecule has 0 aliphatic carbocycles. The van der Waals surface area contributed by atoms with E-state index in [0.717, 1.165) is 70.6 Å². The number of hydrogen-bond acceptors (Lipinski definition) is 4. The second-order valence-corrected chi connectivity index (χ2v) is 7.30. The molecule has 0 spiro atoms. The first kappa shape index (κ1) is 22.4. The van der Waals surface area contributed by atoms with Crippen LogP contribution in [0.2, 0.25) is 0 Å². The first-order chi connectivity index (χ1) is 12.6. The van der Waals surface area contributed by atoms with Crippen molar-refractivity contribution in [3.8, 4) is 0 Å². The van der Waals surface area contributed by atoms with Crippen LogP contribution in [-0.4, -0.2) is 84.1 Å². The van der Waals surface area contributed by atoms with Gasteiger partial charge in [0, 0.05) is 58.1 Å². The summed E-state index contributed by atoms with van der Waals surface area (Å²) < 4.78 is 7.46. The summed E-state index contributed by atoms with van der Waals surface area (Å²) in [4.78, 5) is 9.92. The van der Waals surface area contributed by atoms with E-state index in [2.05, 4.69) is 41.0 Å². The largest absolute Gasteiger partial charge is 0.379 e. The molecule has 7 nitrogen and oxygen atoms in total. The van der Waals surface area contributed by atoms with Crippen molar-refractivity contribution in [3.63, 3.8) is 0 Å². The van der Waals surface area contributed by atoms with Crippen molar-refractivity contribution < 1.29 is 4.74 Å². The zero-order valence-electron chi connectivity index (χ0n) is 17.2. The molecule has 8 heteroatoms. The van der Waals surface area contributed by atoms with E-state index in [-0.39, 0.29) is 24.0 Å². The Labute approximate surface area is 180 Å². The molecule has 1 N–H and O–H groups in total. The number of aryl methyl sites for hydroxylation is 2. The Bertz CT molecular complexity index is 626. The lowest BCUT2D eigenvalue weighted by molar-refractivity contribution is 0.0195. The number of aliphatic imine (C=N–C) groups is 1. The van der Waals surface area contributed by atoms with Crippen LogP contribution in [0.5, 0.6) is 0 Å². The lowest BCUT2D eigenvalue weighted by Gasteiger charge is -2.32. The molecule has 1 aromatic rings. The molecule has 2 saturated heterocycles. The van der Waals surface area contributed by atoms with Crippen molar-refractivity contribution in [3.05, 3.63) is 17.0 Å². The minimum atomic E-state index is 0. The molecular weight excluding hydrogens is 455 g/mol. The summed E-state index contributed by atoms with van der Waals surface area (Å²) in [7, 11) is 2.01. The van der Waals surface area contributed by atoms with E-state index in [9.17, 15) is 0 Å². The molecule has 0 bridgehead atoms. The molecule has 1 unspecified atom stereocenters. The number of aromatic nitrogens is 2. The Kier molecular flexibility index (Phi) is 8.81. The van der Waals surface area contributed by atoms with E-state index in [1.54, 1.807) is 0 Å². The number of morpholine rings is 1. The van der Waals surface area contributed by atoms with Crippen molar-refractivity contribution in [1.29, 1.82) is 0 Å². The van der Waals surface area contributed by atoms with Gasteiger partial charge in [-0.05, 0) is 39.2 Å². The minimum absolute atomic E-state index is 0. The van der Waals surface area contributed by atoms with Gasteiger partial charge in [-0.3, -0.25) is 14.6 Å². The highest BCUT2D eigenvalue weighted by Gasteiger charge is 2.30. The van der Waals surface area contributed by atoms with E-state index < -0.39 is 0 Å². The third kappa shape index (κ3) is 5.57. The molecule has 3 rings (SSSR count). The predicted octanol–water partition coefficient (Wildman–Crippen LogP) is 1.57. The van der Waals surface area contributed by atoms with E-state index in [0.29, 0.717) is 6.04 Å². The van der Waals surface area contributed by atoms with Crippen molar-refractivity contribution in [2.24, 2.45) is 12.0 Å². The molecule has 0 saturated carbocycles. The Hall–Kier alpha value is -0.870. The van der Waals surface area contributed by atoms with Crippen LogP contribution in [0.1, 0.15) is 30.3 Å². The summed E-state index contributed by atoms with van der Waals surface area (Å²) in [6, 6.07) is 0.630. The number of nitrogens with zero attached hydrogens (tertiary/aromatic N) is 5. The highest BCUT2D eigenvalue weighted by molar-refractivity contribution is 14.0. The fraction of sp³-hybridized carbons (Fsp3) is 0.789. The molecular formula is C19H35IN6O. The molecule has 154 valence electrons. The maximum absolute atomic E-state index is 5.49.